The van der Waals surface area contributed by atoms with E-state index in [9.17, 15) is 8.42 Å². The number of nitrogen functional groups attached to an aromatic ring is 1. The molecule has 0 spiro atoms. The number of hydrogen-bond acceptors (Lipinski definition) is 3. The zero-order valence-corrected chi connectivity index (χ0v) is 10.4. The lowest BCUT2D eigenvalue weighted by atomic mass is 10.3. The third-order valence-corrected chi connectivity index (χ3v) is 4.60. The van der Waals surface area contributed by atoms with Crippen LogP contribution in [0.2, 0.25) is 0 Å². The highest BCUT2D eigenvalue weighted by Crippen LogP contribution is 2.25. The summed E-state index contributed by atoms with van der Waals surface area (Å²) in [4.78, 5) is 0.196. The van der Waals surface area contributed by atoms with Crippen molar-refractivity contribution in [2.75, 3.05) is 5.73 Å². The first-order chi connectivity index (χ1) is 6.35. The van der Waals surface area contributed by atoms with Crippen LogP contribution >= 0.6 is 15.9 Å². The third kappa shape index (κ3) is 2.09. The summed E-state index contributed by atoms with van der Waals surface area (Å²) in [5.74, 6) is 0. The lowest BCUT2D eigenvalue weighted by Gasteiger charge is -2.10. The van der Waals surface area contributed by atoms with Crippen molar-refractivity contribution in [1.82, 2.24) is 0 Å². The van der Waals surface area contributed by atoms with Gasteiger partial charge in [-0.15, -0.1) is 0 Å². The van der Waals surface area contributed by atoms with E-state index in [-0.39, 0.29) is 4.90 Å². The largest absolute Gasteiger partial charge is 0.398 e. The summed E-state index contributed by atoms with van der Waals surface area (Å²) in [6, 6.07) is 4.83. The van der Waals surface area contributed by atoms with Gasteiger partial charge in [-0.25, -0.2) is 8.42 Å². The Bertz CT molecular complexity index is 440. The minimum atomic E-state index is -3.29. The third-order valence-electron chi connectivity index (χ3n) is 1.90. The fourth-order valence-corrected chi connectivity index (χ4v) is 2.72. The molecule has 0 radical (unpaired) electrons. The van der Waals surface area contributed by atoms with Gasteiger partial charge in [0.15, 0.2) is 9.84 Å². The van der Waals surface area contributed by atoms with Gasteiger partial charge in [-0.2, -0.15) is 0 Å². The molecule has 0 aromatic heterocycles. The second-order valence-electron chi connectivity index (χ2n) is 3.28. The van der Waals surface area contributed by atoms with E-state index < -0.39 is 15.1 Å². The van der Waals surface area contributed by atoms with E-state index in [1.165, 1.54) is 6.07 Å². The van der Waals surface area contributed by atoms with E-state index in [1.54, 1.807) is 26.0 Å². The maximum atomic E-state index is 11.8. The van der Waals surface area contributed by atoms with E-state index in [4.69, 9.17) is 5.73 Å². The molecule has 0 saturated carbocycles. The van der Waals surface area contributed by atoms with E-state index >= 15 is 0 Å². The van der Waals surface area contributed by atoms with Gasteiger partial charge in [-0.1, -0.05) is 15.9 Å². The van der Waals surface area contributed by atoms with Crippen LogP contribution in [0.5, 0.6) is 0 Å². The molecule has 0 fully saturated rings. The number of hydrogen-bond donors (Lipinski definition) is 1. The van der Waals surface area contributed by atoms with Crippen LogP contribution in [-0.4, -0.2) is 13.7 Å². The van der Waals surface area contributed by atoms with Gasteiger partial charge in [0.25, 0.3) is 0 Å². The fraction of sp³-hybridized carbons (Fsp3) is 0.333. The van der Waals surface area contributed by atoms with Crippen molar-refractivity contribution >= 4 is 31.5 Å². The minimum Gasteiger partial charge on any atom is -0.398 e. The number of halogens is 1. The highest BCUT2D eigenvalue weighted by atomic mass is 79.9. The van der Waals surface area contributed by atoms with Crippen molar-refractivity contribution in [1.29, 1.82) is 0 Å². The van der Waals surface area contributed by atoms with Crippen LogP contribution in [0.4, 0.5) is 5.69 Å². The van der Waals surface area contributed by atoms with Crippen molar-refractivity contribution in [3.8, 4) is 0 Å². The second-order valence-corrected chi connectivity index (χ2v) is 6.66. The molecule has 1 aromatic carbocycles. The van der Waals surface area contributed by atoms with Gasteiger partial charge in [0.05, 0.1) is 15.8 Å². The Balaban J connectivity index is 3.40. The molecule has 3 nitrogen and oxygen atoms in total. The maximum absolute atomic E-state index is 11.8. The summed E-state index contributed by atoms with van der Waals surface area (Å²) in [6.45, 7) is 3.27. The number of nitrogens with two attached hydrogens (primary N) is 1. The summed E-state index contributed by atoms with van der Waals surface area (Å²) < 4.78 is 24.3. The molecule has 0 heterocycles. The van der Waals surface area contributed by atoms with Crippen molar-refractivity contribution < 1.29 is 8.42 Å². The molecule has 0 unspecified atom stereocenters. The smallest absolute Gasteiger partial charge is 0.182 e. The molecule has 5 heteroatoms. The predicted octanol–water partition coefficient (Wildman–Crippen LogP) is 2.21. The van der Waals surface area contributed by atoms with E-state index in [0.29, 0.717) is 10.2 Å². The summed E-state index contributed by atoms with van der Waals surface area (Å²) in [5.41, 5.74) is 5.91. The minimum absolute atomic E-state index is 0.196. The summed E-state index contributed by atoms with van der Waals surface area (Å²) >= 11 is 3.22. The zero-order chi connectivity index (χ0) is 10.9. The van der Waals surface area contributed by atoms with Crippen LogP contribution in [0.3, 0.4) is 0 Å². The molecule has 2 N–H and O–H groups in total. The quantitative estimate of drug-likeness (QED) is 0.844. The molecule has 78 valence electrons. The van der Waals surface area contributed by atoms with E-state index in [2.05, 4.69) is 15.9 Å². The van der Waals surface area contributed by atoms with Crippen LogP contribution in [0.1, 0.15) is 13.8 Å². The molecule has 0 amide bonds. The molecule has 14 heavy (non-hydrogen) atoms. The molecule has 0 atom stereocenters. The number of benzene rings is 1. The normalized spacial score (nSPS) is 12.0. The van der Waals surface area contributed by atoms with Crippen LogP contribution in [0.25, 0.3) is 0 Å². The zero-order valence-electron chi connectivity index (χ0n) is 7.99. The topological polar surface area (TPSA) is 60.2 Å². The van der Waals surface area contributed by atoms with Crippen molar-refractivity contribution in [3.05, 3.63) is 22.7 Å². The Morgan fingerprint density at radius 2 is 1.93 bits per heavy atom. The first-order valence-electron chi connectivity index (χ1n) is 4.14. The molecular weight excluding hydrogens is 266 g/mol. The SMILES string of the molecule is CC(C)S(=O)(=O)c1cc(Br)ccc1N. The molecule has 0 saturated heterocycles. The Hall–Kier alpha value is -0.550. The Labute approximate surface area is 92.4 Å². The Morgan fingerprint density at radius 3 is 2.43 bits per heavy atom. The van der Waals surface area contributed by atoms with E-state index in [0.717, 1.165) is 0 Å². The number of anilines is 1. The Kier molecular flexibility index (Phi) is 3.21. The average molecular weight is 278 g/mol. The maximum Gasteiger partial charge on any atom is 0.182 e. The van der Waals surface area contributed by atoms with Crippen LogP contribution in [0, 0.1) is 0 Å². The molecule has 0 aliphatic rings. The van der Waals surface area contributed by atoms with Gasteiger partial charge in [-0.3, -0.25) is 0 Å². The summed E-state index contributed by atoms with van der Waals surface area (Å²) in [6.07, 6.45) is 0. The summed E-state index contributed by atoms with van der Waals surface area (Å²) in [7, 11) is -3.29. The first kappa shape index (κ1) is 11.5. The monoisotopic (exact) mass is 277 g/mol. The van der Waals surface area contributed by atoms with Crippen molar-refractivity contribution in [2.24, 2.45) is 0 Å². The molecule has 0 aliphatic carbocycles. The van der Waals surface area contributed by atoms with Crippen molar-refractivity contribution in [3.63, 3.8) is 0 Å². The number of rotatable bonds is 2. The highest BCUT2D eigenvalue weighted by Gasteiger charge is 2.21. The van der Waals surface area contributed by atoms with Gasteiger partial charge in [0.1, 0.15) is 0 Å². The van der Waals surface area contributed by atoms with Gasteiger partial charge in [0, 0.05) is 4.47 Å². The second kappa shape index (κ2) is 3.90. The molecule has 0 bridgehead atoms. The highest BCUT2D eigenvalue weighted by molar-refractivity contribution is 9.10. The van der Waals surface area contributed by atoms with Gasteiger partial charge >= 0.3 is 0 Å². The fourth-order valence-electron chi connectivity index (χ4n) is 1.01. The first-order valence-corrected chi connectivity index (χ1v) is 6.48. The van der Waals surface area contributed by atoms with Gasteiger partial charge in [-0.05, 0) is 32.0 Å². The van der Waals surface area contributed by atoms with Gasteiger partial charge < -0.3 is 5.73 Å². The Morgan fingerprint density at radius 1 is 1.36 bits per heavy atom. The van der Waals surface area contributed by atoms with Crippen LogP contribution in [-0.2, 0) is 9.84 Å². The lowest BCUT2D eigenvalue weighted by molar-refractivity contribution is 0.588. The average Bonchev–Trinajstić information content (AvgIpc) is 2.08. The lowest BCUT2D eigenvalue weighted by Crippen LogP contribution is -2.15. The predicted molar refractivity (Wildman–Crippen MR) is 60.9 cm³/mol. The molecule has 0 aliphatic heterocycles. The standard InChI is InChI=1S/C9H12BrNO2S/c1-6(2)14(12,13)9-5-7(10)3-4-8(9)11/h3-6H,11H2,1-2H3. The van der Waals surface area contributed by atoms with Crippen molar-refractivity contribution in [2.45, 2.75) is 24.0 Å². The van der Waals surface area contributed by atoms with Crippen LogP contribution < -0.4 is 5.73 Å². The molecule has 1 rings (SSSR count). The summed E-state index contributed by atoms with van der Waals surface area (Å²) in [5, 5.41) is -0.459. The molecule has 1 aromatic rings. The van der Waals surface area contributed by atoms with E-state index in [1.807, 2.05) is 0 Å². The van der Waals surface area contributed by atoms with Gasteiger partial charge in [0.2, 0.25) is 0 Å². The number of sulfone groups is 1. The molecular formula is C9H12BrNO2S. The van der Waals surface area contributed by atoms with Crippen LogP contribution in [0.15, 0.2) is 27.6 Å².